The SMILES string of the molecule is CC(C)(O)c1cc(-c2csc(-c3ccc(NC(O)OC4CC4)cc3Cl)c2)ccn1. The summed E-state index contributed by atoms with van der Waals surface area (Å²) >= 11 is 8.11. The van der Waals surface area contributed by atoms with Gasteiger partial charge in [-0.25, -0.2) is 0 Å². The molecule has 1 unspecified atom stereocenters. The molecule has 1 aromatic carbocycles. The monoisotopic (exact) mass is 430 g/mol. The van der Waals surface area contributed by atoms with Gasteiger partial charge in [-0.15, -0.1) is 11.3 Å². The molecule has 0 saturated heterocycles. The number of ether oxygens (including phenoxy) is 1. The van der Waals surface area contributed by atoms with Crippen molar-refractivity contribution in [2.45, 2.75) is 44.8 Å². The van der Waals surface area contributed by atoms with Crippen LogP contribution in [0.3, 0.4) is 0 Å². The first kappa shape index (κ1) is 20.3. The van der Waals surface area contributed by atoms with E-state index in [1.807, 2.05) is 24.3 Å². The lowest BCUT2D eigenvalue weighted by Gasteiger charge is -2.16. The van der Waals surface area contributed by atoms with Crippen molar-refractivity contribution in [1.29, 1.82) is 0 Å². The van der Waals surface area contributed by atoms with Gasteiger partial charge in [-0.3, -0.25) is 4.98 Å². The zero-order valence-electron chi connectivity index (χ0n) is 16.2. The van der Waals surface area contributed by atoms with E-state index >= 15 is 0 Å². The normalized spacial score (nSPS) is 15.3. The summed E-state index contributed by atoms with van der Waals surface area (Å²) in [6.45, 7) is 3.44. The fourth-order valence-corrected chi connectivity index (χ4v) is 4.24. The van der Waals surface area contributed by atoms with Crippen LogP contribution in [0.5, 0.6) is 0 Å². The number of hydrogen-bond acceptors (Lipinski definition) is 6. The first-order valence-corrected chi connectivity index (χ1v) is 10.7. The lowest BCUT2D eigenvalue weighted by atomic mass is 10.0. The molecule has 3 aromatic rings. The first-order valence-electron chi connectivity index (χ1n) is 9.47. The molecule has 7 heteroatoms. The van der Waals surface area contributed by atoms with Gasteiger partial charge >= 0.3 is 0 Å². The molecule has 0 bridgehead atoms. The van der Waals surface area contributed by atoms with Gasteiger partial charge in [0.1, 0.15) is 5.60 Å². The minimum Gasteiger partial charge on any atom is -0.384 e. The van der Waals surface area contributed by atoms with Crippen molar-refractivity contribution in [3.05, 3.63) is 58.7 Å². The van der Waals surface area contributed by atoms with Crippen molar-refractivity contribution in [2.75, 3.05) is 5.32 Å². The molecule has 29 heavy (non-hydrogen) atoms. The highest BCUT2D eigenvalue weighted by molar-refractivity contribution is 7.14. The first-order chi connectivity index (χ1) is 13.8. The van der Waals surface area contributed by atoms with E-state index < -0.39 is 12.0 Å². The molecular formula is C22H23ClN2O3S. The number of pyridine rings is 1. The predicted molar refractivity (Wildman–Crippen MR) is 117 cm³/mol. The van der Waals surface area contributed by atoms with E-state index in [2.05, 4.69) is 21.7 Å². The van der Waals surface area contributed by atoms with Crippen molar-refractivity contribution in [2.24, 2.45) is 0 Å². The zero-order chi connectivity index (χ0) is 20.6. The Labute approximate surface area is 179 Å². The van der Waals surface area contributed by atoms with E-state index in [0.29, 0.717) is 16.4 Å². The van der Waals surface area contributed by atoms with Gasteiger partial charge < -0.3 is 20.3 Å². The van der Waals surface area contributed by atoms with Gasteiger partial charge in [0.25, 0.3) is 0 Å². The van der Waals surface area contributed by atoms with Crippen LogP contribution >= 0.6 is 22.9 Å². The topological polar surface area (TPSA) is 74.6 Å². The Hall–Kier alpha value is -1.96. The molecule has 1 fully saturated rings. The van der Waals surface area contributed by atoms with E-state index in [1.54, 1.807) is 37.4 Å². The molecule has 3 N–H and O–H groups in total. The molecule has 0 spiro atoms. The fourth-order valence-electron chi connectivity index (χ4n) is 2.94. The van der Waals surface area contributed by atoms with Crippen LogP contribution < -0.4 is 5.32 Å². The summed E-state index contributed by atoms with van der Waals surface area (Å²) in [4.78, 5) is 5.30. The Kier molecular flexibility index (Phi) is 5.64. The van der Waals surface area contributed by atoms with E-state index in [-0.39, 0.29) is 6.10 Å². The molecule has 1 aliphatic rings. The smallest absolute Gasteiger partial charge is 0.235 e. The molecule has 0 aliphatic heterocycles. The molecule has 5 nitrogen and oxygen atoms in total. The molecule has 1 aliphatic carbocycles. The minimum atomic E-state index is -1.03. The molecule has 1 saturated carbocycles. The number of aliphatic hydroxyl groups is 2. The summed E-state index contributed by atoms with van der Waals surface area (Å²) in [5, 5.41) is 25.7. The number of benzene rings is 1. The number of hydrogen-bond donors (Lipinski definition) is 3. The van der Waals surface area contributed by atoms with Crippen LogP contribution in [0, 0.1) is 0 Å². The summed E-state index contributed by atoms with van der Waals surface area (Å²) in [6.07, 6.45) is 2.82. The average molecular weight is 431 g/mol. The summed E-state index contributed by atoms with van der Waals surface area (Å²) in [7, 11) is 0. The van der Waals surface area contributed by atoms with Crippen LogP contribution in [0.4, 0.5) is 5.69 Å². The lowest BCUT2D eigenvalue weighted by Crippen LogP contribution is -2.23. The van der Waals surface area contributed by atoms with E-state index in [0.717, 1.165) is 34.4 Å². The molecule has 0 amide bonds. The van der Waals surface area contributed by atoms with Crippen LogP contribution in [0.15, 0.2) is 48.0 Å². The van der Waals surface area contributed by atoms with Crippen LogP contribution in [-0.4, -0.2) is 27.7 Å². The molecule has 1 atom stereocenters. The molecule has 4 rings (SSSR count). The summed E-state index contributed by atoms with van der Waals surface area (Å²) in [5.41, 5.74) is 3.30. The molecule has 2 aromatic heterocycles. The number of thiophene rings is 1. The number of aromatic nitrogens is 1. The van der Waals surface area contributed by atoms with E-state index in [4.69, 9.17) is 16.3 Å². The Morgan fingerprint density at radius 3 is 2.69 bits per heavy atom. The highest BCUT2D eigenvalue weighted by Crippen LogP contribution is 2.38. The molecular weight excluding hydrogens is 408 g/mol. The number of halogens is 1. The summed E-state index contributed by atoms with van der Waals surface area (Å²) in [6, 6.07) is 11.5. The maximum absolute atomic E-state index is 10.2. The third-order valence-corrected chi connectivity index (χ3v) is 5.97. The third-order valence-electron chi connectivity index (χ3n) is 4.69. The van der Waals surface area contributed by atoms with Crippen molar-refractivity contribution < 1.29 is 14.9 Å². The van der Waals surface area contributed by atoms with Crippen LogP contribution in [0.2, 0.25) is 5.02 Å². The fraction of sp³-hybridized carbons (Fsp3) is 0.318. The number of nitrogens with one attached hydrogen (secondary N) is 1. The van der Waals surface area contributed by atoms with Gasteiger partial charge in [0.05, 0.1) is 16.8 Å². The number of rotatable bonds is 7. The highest BCUT2D eigenvalue weighted by atomic mass is 35.5. The largest absolute Gasteiger partial charge is 0.384 e. The van der Waals surface area contributed by atoms with Crippen LogP contribution in [-0.2, 0) is 10.3 Å². The Bertz CT molecular complexity index is 1010. The average Bonchev–Trinajstić information content (AvgIpc) is 3.33. The standard InChI is InChI=1S/C22H23ClN2O3S/c1-22(2,27)20-10-13(7-8-24-20)14-9-19(29-12-14)17-6-3-15(11-18(17)23)25-21(26)28-16-4-5-16/h3,6-12,16,21,25-27H,4-5H2,1-2H3. The Morgan fingerprint density at radius 2 is 2.00 bits per heavy atom. The van der Waals surface area contributed by atoms with Gasteiger partial charge in [0.15, 0.2) is 0 Å². The number of anilines is 1. The van der Waals surface area contributed by atoms with Gasteiger partial charge in [-0.2, -0.15) is 0 Å². The molecule has 2 heterocycles. The second-order valence-corrected chi connectivity index (χ2v) is 9.03. The predicted octanol–water partition coefficient (Wildman–Crippen LogP) is 5.22. The molecule has 0 radical (unpaired) electrons. The van der Waals surface area contributed by atoms with E-state index in [9.17, 15) is 10.2 Å². The van der Waals surface area contributed by atoms with Crippen molar-refractivity contribution in [3.63, 3.8) is 0 Å². The van der Waals surface area contributed by atoms with Gasteiger partial charge in [0, 0.05) is 22.3 Å². The highest BCUT2D eigenvalue weighted by Gasteiger charge is 2.25. The quantitative estimate of drug-likeness (QED) is 0.448. The van der Waals surface area contributed by atoms with E-state index in [1.165, 1.54) is 0 Å². The third kappa shape index (κ3) is 4.97. The maximum atomic E-state index is 10.2. The Morgan fingerprint density at radius 1 is 1.21 bits per heavy atom. The number of nitrogens with zero attached hydrogens (tertiary/aromatic N) is 1. The second kappa shape index (κ2) is 8.05. The van der Waals surface area contributed by atoms with Gasteiger partial charge in [-0.1, -0.05) is 17.7 Å². The lowest BCUT2D eigenvalue weighted by molar-refractivity contribution is -0.0869. The van der Waals surface area contributed by atoms with Crippen molar-refractivity contribution in [3.8, 4) is 21.6 Å². The molecule has 152 valence electrons. The summed E-state index contributed by atoms with van der Waals surface area (Å²) < 4.78 is 5.39. The van der Waals surface area contributed by atoms with Gasteiger partial charge in [-0.05, 0) is 73.5 Å². The van der Waals surface area contributed by atoms with Crippen molar-refractivity contribution >= 4 is 28.6 Å². The maximum Gasteiger partial charge on any atom is 0.235 e. The van der Waals surface area contributed by atoms with Crippen LogP contribution in [0.25, 0.3) is 21.6 Å². The Balaban J connectivity index is 1.53. The van der Waals surface area contributed by atoms with Crippen molar-refractivity contribution in [1.82, 2.24) is 4.98 Å². The second-order valence-electron chi connectivity index (χ2n) is 7.72. The minimum absolute atomic E-state index is 0.155. The summed E-state index contributed by atoms with van der Waals surface area (Å²) in [5.74, 6) is 0. The van der Waals surface area contributed by atoms with Crippen LogP contribution in [0.1, 0.15) is 32.4 Å². The van der Waals surface area contributed by atoms with Gasteiger partial charge in [0.2, 0.25) is 6.41 Å². The number of aliphatic hydroxyl groups excluding tert-OH is 1. The zero-order valence-corrected chi connectivity index (χ0v) is 17.8.